The Bertz CT molecular complexity index is 1190. The molecule has 5 rings (SSSR count). The lowest BCUT2D eigenvalue weighted by Crippen LogP contribution is -2.49. The molecular weight excluding hydrogens is 409 g/mol. The summed E-state index contributed by atoms with van der Waals surface area (Å²) in [6.07, 6.45) is -1.68. The highest BCUT2D eigenvalue weighted by molar-refractivity contribution is 5.84. The molecule has 0 aliphatic carbocycles. The van der Waals surface area contributed by atoms with Gasteiger partial charge in [0.2, 0.25) is 0 Å². The number of aromatic amines is 1. The van der Waals surface area contributed by atoms with Crippen molar-refractivity contribution in [1.82, 2.24) is 29.7 Å². The maximum absolute atomic E-state index is 13.1. The Morgan fingerprint density at radius 2 is 1.90 bits per heavy atom. The number of amidine groups is 1. The van der Waals surface area contributed by atoms with Gasteiger partial charge in [-0.05, 0) is 23.8 Å². The summed E-state index contributed by atoms with van der Waals surface area (Å²) in [6.45, 7) is 3.64. The molecule has 2 aromatic heterocycles. The average molecular weight is 428 g/mol. The molecule has 160 valence electrons. The Hall–Kier alpha value is -3.39. The molecule has 2 aliphatic heterocycles. The number of fused-ring (bicyclic) bond motifs is 2. The first-order valence-corrected chi connectivity index (χ1v) is 9.99. The number of hydrogen-bond donors (Lipinski definition) is 1. The summed E-state index contributed by atoms with van der Waals surface area (Å²) in [5.41, 5.74) is 2.74. The van der Waals surface area contributed by atoms with Crippen molar-refractivity contribution < 1.29 is 13.2 Å². The quantitative estimate of drug-likeness (QED) is 0.678. The van der Waals surface area contributed by atoms with Gasteiger partial charge >= 0.3 is 6.18 Å². The molecule has 0 unspecified atom stereocenters. The predicted molar refractivity (Wildman–Crippen MR) is 106 cm³/mol. The van der Waals surface area contributed by atoms with Crippen molar-refractivity contribution >= 4 is 16.7 Å². The highest BCUT2D eigenvalue weighted by Gasteiger charge is 2.40. The largest absolute Gasteiger partial charge is 0.453 e. The Labute approximate surface area is 175 Å². The van der Waals surface area contributed by atoms with E-state index >= 15 is 0 Å². The second kappa shape index (κ2) is 7.39. The molecule has 1 N–H and O–H groups in total. The van der Waals surface area contributed by atoms with Crippen molar-refractivity contribution in [2.75, 3.05) is 26.2 Å². The number of nitriles is 1. The maximum atomic E-state index is 13.1. The standard InChI is InChI=1S/C20H19F3N8/c21-20(22,23)19-27-26-17-3-4-18(28-31(17)19)30-7-5-29(6-8-30)12-14-11-25-16-2-1-13(10-24)9-15(14)16/h1-2,9,11,25H,3-8,12H2. The number of H-pyrrole nitrogens is 1. The second-order valence-corrected chi connectivity index (χ2v) is 7.71. The Morgan fingerprint density at radius 1 is 1.10 bits per heavy atom. The van der Waals surface area contributed by atoms with Crippen molar-refractivity contribution in [2.24, 2.45) is 5.10 Å². The van der Waals surface area contributed by atoms with Gasteiger partial charge in [-0.1, -0.05) is 0 Å². The number of benzene rings is 1. The molecule has 0 spiro atoms. The normalized spacial score (nSPS) is 17.5. The van der Waals surface area contributed by atoms with Crippen LogP contribution in [-0.4, -0.2) is 61.7 Å². The van der Waals surface area contributed by atoms with E-state index < -0.39 is 12.0 Å². The van der Waals surface area contributed by atoms with Gasteiger partial charge < -0.3 is 9.88 Å². The molecule has 0 amide bonds. The maximum Gasteiger partial charge on any atom is 0.453 e. The van der Waals surface area contributed by atoms with Crippen molar-refractivity contribution in [2.45, 2.75) is 25.6 Å². The minimum Gasteiger partial charge on any atom is -0.361 e. The molecule has 0 saturated carbocycles. The summed E-state index contributed by atoms with van der Waals surface area (Å²) in [5.74, 6) is -0.191. The van der Waals surface area contributed by atoms with E-state index in [1.165, 1.54) is 0 Å². The molecule has 1 fully saturated rings. The van der Waals surface area contributed by atoms with Gasteiger partial charge in [-0.3, -0.25) is 4.90 Å². The Kier molecular flexibility index (Phi) is 4.66. The smallest absolute Gasteiger partial charge is 0.361 e. The van der Waals surface area contributed by atoms with Gasteiger partial charge in [0, 0.05) is 62.7 Å². The fourth-order valence-corrected chi connectivity index (χ4v) is 4.14. The first-order valence-electron chi connectivity index (χ1n) is 9.99. The third-order valence-electron chi connectivity index (χ3n) is 5.77. The molecule has 31 heavy (non-hydrogen) atoms. The minimum absolute atomic E-state index is 0.241. The number of hydrogen-bond acceptors (Lipinski definition) is 6. The van der Waals surface area contributed by atoms with Crippen LogP contribution >= 0.6 is 0 Å². The number of rotatable bonds is 2. The minimum atomic E-state index is -4.58. The van der Waals surface area contributed by atoms with Gasteiger partial charge in [0.05, 0.1) is 11.6 Å². The lowest BCUT2D eigenvalue weighted by atomic mass is 10.1. The van der Waals surface area contributed by atoms with Gasteiger partial charge in [-0.2, -0.15) is 28.2 Å². The SMILES string of the molecule is N#Cc1ccc2[nH]cc(CN3CCN(C4=Nn5c(nnc5C(F)(F)F)CC4)CC3)c2c1. The second-order valence-electron chi connectivity index (χ2n) is 7.71. The van der Waals surface area contributed by atoms with Crippen LogP contribution in [0.2, 0.25) is 0 Å². The third-order valence-corrected chi connectivity index (χ3v) is 5.77. The van der Waals surface area contributed by atoms with Crippen LogP contribution < -0.4 is 0 Å². The average Bonchev–Trinajstić information content (AvgIpc) is 3.37. The highest BCUT2D eigenvalue weighted by Crippen LogP contribution is 2.30. The molecule has 4 heterocycles. The predicted octanol–water partition coefficient (Wildman–Crippen LogP) is 2.58. The van der Waals surface area contributed by atoms with Crippen LogP contribution in [0.1, 0.15) is 29.2 Å². The third kappa shape index (κ3) is 3.63. The van der Waals surface area contributed by atoms with Crippen LogP contribution in [0.5, 0.6) is 0 Å². The van der Waals surface area contributed by atoms with E-state index in [0.717, 1.165) is 40.8 Å². The highest BCUT2D eigenvalue weighted by atomic mass is 19.4. The molecule has 0 atom stereocenters. The zero-order chi connectivity index (χ0) is 21.6. The first kappa shape index (κ1) is 19.6. The molecule has 0 bridgehead atoms. The fraction of sp³-hybridized carbons (Fsp3) is 0.400. The van der Waals surface area contributed by atoms with Crippen molar-refractivity contribution in [1.29, 1.82) is 5.26 Å². The number of alkyl halides is 3. The van der Waals surface area contributed by atoms with Crippen molar-refractivity contribution in [3.05, 3.63) is 47.2 Å². The summed E-state index contributed by atoms with van der Waals surface area (Å²) >= 11 is 0. The van der Waals surface area contributed by atoms with Crippen LogP contribution in [-0.2, 0) is 19.1 Å². The van der Waals surface area contributed by atoms with Gasteiger partial charge in [0.15, 0.2) is 5.82 Å². The van der Waals surface area contributed by atoms with E-state index in [1.807, 2.05) is 23.2 Å². The van der Waals surface area contributed by atoms with Crippen LogP contribution in [0, 0.1) is 11.3 Å². The lowest BCUT2D eigenvalue weighted by molar-refractivity contribution is -0.147. The van der Waals surface area contributed by atoms with Gasteiger partial charge in [-0.25, -0.2) is 0 Å². The summed E-state index contributed by atoms with van der Waals surface area (Å²) in [6, 6.07) is 7.76. The summed E-state index contributed by atoms with van der Waals surface area (Å²) in [7, 11) is 0. The van der Waals surface area contributed by atoms with Crippen LogP contribution in [0.3, 0.4) is 0 Å². The summed E-state index contributed by atoms with van der Waals surface area (Å²) in [5, 5.41) is 21.3. The number of halogens is 3. The number of nitrogens with one attached hydrogen (secondary N) is 1. The summed E-state index contributed by atoms with van der Waals surface area (Å²) in [4.78, 5) is 7.58. The topological polar surface area (TPSA) is 89.1 Å². The van der Waals surface area contributed by atoms with Crippen molar-refractivity contribution in [3.63, 3.8) is 0 Å². The molecule has 8 nitrogen and oxygen atoms in total. The van der Waals surface area contributed by atoms with Crippen LogP contribution in [0.4, 0.5) is 13.2 Å². The van der Waals surface area contributed by atoms with E-state index in [-0.39, 0.29) is 5.82 Å². The number of aromatic nitrogens is 4. The Morgan fingerprint density at radius 3 is 2.65 bits per heavy atom. The van der Waals surface area contributed by atoms with E-state index in [9.17, 15) is 13.2 Å². The van der Waals surface area contributed by atoms with E-state index in [2.05, 4.69) is 31.3 Å². The zero-order valence-corrected chi connectivity index (χ0v) is 16.5. The number of nitrogens with zero attached hydrogens (tertiary/aromatic N) is 7. The number of piperazine rings is 1. The van der Waals surface area contributed by atoms with Gasteiger partial charge in [0.1, 0.15) is 5.84 Å². The fourth-order valence-electron chi connectivity index (χ4n) is 4.14. The summed E-state index contributed by atoms with van der Waals surface area (Å²) < 4.78 is 40.2. The zero-order valence-electron chi connectivity index (χ0n) is 16.5. The monoisotopic (exact) mass is 428 g/mol. The molecule has 3 aromatic rings. The van der Waals surface area contributed by atoms with E-state index in [1.54, 1.807) is 6.07 Å². The molecule has 1 aromatic carbocycles. The van der Waals surface area contributed by atoms with E-state index in [4.69, 9.17) is 5.26 Å². The first-order chi connectivity index (χ1) is 14.9. The van der Waals surface area contributed by atoms with Crippen LogP contribution in [0.15, 0.2) is 29.5 Å². The molecule has 2 aliphatic rings. The van der Waals surface area contributed by atoms with Gasteiger partial charge in [-0.15, -0.1) is 10.2 Å². The van der Waals surface area contributed by atoms with Crippen LogP contribution in [0.25, 0.3) is 10.9 Å². The molecule has 1 saturated heterocycles. The van der Waals surface area contributed by atoms with Gasteiger partial charge in [0.25, 0.3) is 5.82 Å². The Balaban J connectivity index is 1.27. The molecule has 11 heteroatoms. The molecular formula is C20H19F3N8. The van der Waals surface area contributed by atoms with Crippen molar-refractivity contribution in [3.8, 4) is 6.07 Å². The number of aryl methyl sites for hydroxylation is 1. The van der Waals surface area contributed by atoms with E-state index in [0.29, 0.717) is 37.3 Å². The molecule has 0 radical (unpaired) electrons. The lowest BCUT2D eigenvalue weighted by Gasteiger charge is -2.37.